The summed E-state index contributed by atoms with van der Waals surface area (Å²) < 4.78 is 5.63. The molecule has 1 aromatic carbocycles. The summed E-state index contributed by atoms with van der Waals surface area (Å²) in [4.78, 5) is 19.2. The van der Waals surface area contributed by atoms with Gasteiger partial charge >= 0.3 is 0 Å². The van der Waals surface area contributed by atoms with Crippen LogP contribution in [0.2, 0.25) is 0 Å². The van der Waals surface area contributed by atoms with Crippen molar-refractivity contribution in [1.82, 2.24) is 15.5 Å². The number of ether oxygens (including phenoxy) is 1. The number of hydrogen-bond acceptors (Lipinski definition) is 3. The topological polar surface area (TPSA) is 66.0 Å². The van der Waals surface area contributed by atoms with Gasteiger partial charge in [-0.1, -0.05) is 43.2 Å². The largest absolute Gasteiger partial charge is 0.375 e. The first kappa shape index (κ1) is 24.7. The zero-order chi connectivity index (χ0) is 19.7. The third-order valence-electron chi connectivity index (χ3n) is 5.22. The normalized spacial score (nSPS) is 16.8. The standard InChI is InChI=1S/C21H34N4O2.HI/c1-5-22-20(23-15-18(27-4)17-11-7-6-8-12-17)24-16-21(13-9-10-14-21)19(26)25(2)3;/h6-8,11-12,18H,5,9-10,13-16H2,1-4H3,(H2,22,23,24);1H. The molecule has 1 unspecified atom stereocenters. The number of aliphatic imine (C=N–C) groups is 1. The Kier molecular flexibility index (Phi) is 10.8. The van der Waals surface area contributed by atoms with Crippen molar-refractivity contribution >= 4 is 35.8 Å². The van der Waals surface area contributed by atoms with Crippen LogP contribution in [0.3, 0.4) is 0 Å². The van der Waals surface area contributed by atoms with Gasteiger partial charge in [-0.3, -0.25) is 9.79 Å². The molecule has 0 radical (unpaired) electrons. The van der Waals surface area contributed by atoms with Crippen molar-refractivity contribution in [3.63, 3.8) is 0 Å². The van der Waals surface area contributed by atoms with Gasteiger partial charge in [-0.05, 0) is 25.3 Å². The Morgan fingerprint density at radius 2 is 1.86 bits per heavy atom. The molecule has 0 aromatic heterocycles. The summed E-state index contributed by atoms with van der Waals surface area (Å²) in [5.41, 5.74) is 0.768. The lowest BCUT2D eigenvalue weighted by Gasteiger charge is -2.29. The van der Waals surface area contributed by atoms with Crippen LogP contribution < -0.4 is 10.6 Å². The molecule has 28 heavy (non-hydrogen) atoms. The molecule has 158 valence electrons. The molecule has 0 aliphatic heterocycles. The first-order chi connectivity index (χ1) is 13.0. The van der Waals surface area contributed by atoms with Gasteiger partial charge in [0.15, 0.2) is 5.96 Å². The van der Waals surface area contributed by atoms with Crippen molar-refractivity contribution in [2.75, 3.05) is 40.8 Å². The number of guanidine groups is 1. The number of nitrogens with one attached hydrogen (secondary N) is 2. The van der Waals surface area contributed by atoms with E-state index in [1.807, 2.05) is 39.2 Å². The molecule has 1 saturated carbocycles. The number of amides is 1. The first-order valence-electron chi connectivity index (χ1n) is 9.84. The van der Waals surface area contributed by atoms with Crippen LogP contribution in [0, 0.1) is 5.41 Å². The Morgan fingerprint density at radius 1 is 1.21 bits per heavy atom. The number of carbonyl (C=O) groups excluding carboxylic acids is 1. The molecular formula is C21H35IN4O2. The highest BCUT2D eigenvalue weighted by atomic mass is 127. The van der Waals surface area contributed by atoms with E-state index in [1.54, 1.807) is 12.0 Å². The summed E-state index contributed by atoms with van der Waals surface area (Å²) in [7, 11) is 5.38. The fraction of sp³-hybridized carbons (Fsp3) is 0.619. The molecule has 1 fully saturated rings. The van der Waals surface area contributed by atoms with E-state index in [0.717, 1.165) is 43.8 Å². The molecule has 1 atom stereocenters. The van der Waals surface area contributed by atoms with E-state index in [0.29, 0.717) is 13.1 Å². The predicted octanol–water partition coefficient (Wildman–Crippen LogP) is 3.20. The molecule has 0 saturated heterocycles. The van der Waals surface area contributed by atoms with Crippen LogP contribution in [-0.2, 0) is 9.53 Å². The molecule has 1 aliphatic rings. The van der Waals surface area contributed by atoms with E-state index in [1.165, 1.54) is 0 Å². The highest BCUT2D eigenvalue weighted by Crippen LogP contribution is 2.39. The van der Waals surface area contributed by atoms with E-state index in [9.17, 15) is 4.79 Å². The van der Waals surface area contributed by atoms with Crippen LogP contribution in [0.25, 0.3) is 0 Å². The minimum absolute atomic E-state index is 0. The summed E-state index contributed by atoms with van der Waals surface area (Å²) in [5, 5.41) is 6.65. The van der Waals surface area contributed by atoms with Gasteiger partial charge in [-0.15, -0.1) is 24.0 Å². The monoisotopic (exact) mass is 502 g/mol. The highest BCUT2D eigenvalue weighted by molar-refractivity contribution is 14.0. The zero-order valence-corrected chi connectivity index (χ0v) is 19.9. The Labute approximate surface area is 186 Å². The number of methoxy groups -OCH3 is 1. The predicted molar refractivity (Wildman–Crippen MR) is 125 cm³/mol. The highest BCUT2D eigenvalue weighted by Gasteiger charge is 2.42. The fourth-order valence-electron chi connectivity index (χ4n) is 3.73. The number of hydrogen-bond donors (Lipinski definition) is 2. The third kappa shape index (κ3) is 6.62. The minimum Gasteiger partial charge on any atom is -0.375 e. The van der Waals surface area contributed by atoms with Crippen LogP contribution in [0.15, 0.2) is 35.3 Å². The van der Waals surface area contributed by atoms with Crippen molar-refractivity contribution in [3.05, 3.63) is 35.9 Å². The zero-order valence-electron chi connectivity index (χ0n) is 17.5. The number of nitrogens with zero attached hydrogens (tertiary/aromatic N) is 2. The van der Waals surface area contributed by atoms with Crippen molar-refractivity contribution in [3.8, 4) is 0 Å². The van der Waals surface area contributed by atoms with Gasteiger partial charge < -0.3 is 20.3 Å². The average molecular weight is 502 g/mol. The molecule has 6 nitrogen and oxygen atoms in total. The Hall–Kier alpha value is -1.35. The molecule has 0 bridgehead atoms. The van der Waals surface area contributed by atoms with Crippen molar-refractivity contribution in [2.24, 2.45) is 10.4 Å². The molecular weight excluding hydrogens is 467 g/mol. The SMILES string of the molecule is CCNC(=NCC1(C(=O)N(C)C)CCCC1)NCC(OC)c1ccccc1.I. The van der Waals surface area contributed by atoms with E-state index in [4.69, 9.17) is 9.73 Å². The van der Waals surface area contributed by atoms with E-state index < -0.39 is 0 Å². The smallest absolute Gasteiger partial charge is 0.230 e. The lowest BCUT2D eigenvalue weighted by molar-refractivity contribution is -0.138. The quantitative estimate of drug-likeness (QED) is 0.326. The van der Waals surface area contributed by atoms with Crippen LogP contribution in [0.5, 0.6) is 0 Å². The Morgan fingerprint density at radius 3 is 2.39 bits per heavy atom. The van der Waals surface area contributed by atoms with Crippen LogP contribution in [0.1, 0.15) is 44.3 Å². The van der Waals surface area contributed by atoms with Gasteiger partial charge in [0.1, 0.15) is 0 Å². The van der Waals surface area contributed by atoms with Gasteiger partial charge in [-0.2, -0.15) is 0 Å². The van der Waals surface area contributed by atoms with Gasteiger partial charge in [0.25, 0.3) is 0 Å². The van der Waals surface area contributed by atoms with E-state index in [-0.39, 0.29) is 41.4 Å². The van der Waals surface area contributed by atoms with Crippen LogP contribution in [0.4, 0.5) is 0 Å². The van der Waals surface area contributed by atoms with Gasteiger partial charge in [0.2, 0.25) is 5.91 Å². The van der Waals surface area contributed by atoms with Crippen LogP contribution in [-0.4, -0.2) is 57.6 Å². The summed E-state index contributed by atoms with van der Waals surface area (Å²) >= 11 is 0. The van der Waals surface area contributed by atoms with Gasteiger partial charge in [0, 0.05) is 34.3 Å². The molecule has 0 heterocycles. The molecule has 2 rings (SSSR count). The Balaban J connectivity index is 0.00000392. The summed E-state index contributed by atoms with van der Waals surface area (Å²) in [5.74, 6) is 0.923. The van der Waals surface area contributed by atoms with E-state index >= 15 is 0 Å². The molecule has 1 aromatic rings. The number of rotatable bonds is 8. The maximum atomic E-state index is 12.7. The second-order valence-corrected chi connectivity index (χ2v) is 7.40. The second kappa shape index (κ2) is 12.3. The lowest BCUT2D eigenvalue weighted by Crippen LogP contribution is -2.43. The van der Waals surface area contributed by atoms with Gasteiger partial charge in [-0.25, -0.2) is 0 Å². The molecule has 7 heteroatoms. The number of carbonyl (C=O) groups is 1. The number of benzene rings is 1. The first-order valence-corrected chi connectivity index (χ1v) is 9.84. The molecule has 2 N–H and O–H groups in total. The molecule has 1 aliphatic carbocycles. The molecule has 0 spiro atoms. The van der Waals surface area contributed by atoms with E-state index in [2.05, 4.69) is 22.8 Å². The maximum Gasteiger partial charge on any atom is 0.230 e. The van der Waals surface area contributed by atoms with Crippen molar-refractivity contribution in [2.45, 2.75) is 38.7 Å². The third-order valence-corrected chi connectivity index (χ3v) is 5.22. The molecule has 1 amide bonds. The van der Waals surface area contributed by atoms with Gasteiger partial charge in [0.05, 0.1) is 18.1 Å². The lowest BCUT2D eigenvalue weighted by atomic mass is 9.85. The minimum atomic E-state index is -0.355. The summed E-state index contributed by atoms with van der Waals surface area (Å²) in [6.45, 7) is 3.94. The average Bonchev–Trinajstić information content (AvgIpc) is 3.16. The maximum absolute atomic E-state index is 12.7. The van der Waals surface area contributed by atoms with Crippen molar-refractivity contribution < 1.29 is 9.53 Å². The Bertz CT molecular complexity index is 616. The van der Waals surface area contributed by atoms with Crippen LogP contribution >= 0.6 is 24.0 Å². The number of halogens is 1. The summed E-state index contributed by atoms with van der Waals surface area (Å²) in [6.07, 6.45) is 3.96. The second-order valence-electron chi connectivity index (χ2n) is 7.40. The fourth-order valence-corrected chi connectivity index (χ4v) is 3.73. The summed E-state index contributed by atoms with van der Waals surface area (Å²) in [6, 6.07) is 10.1. The van der Waals surface area contributed by atoms with Crippen molar-refractivity contribution in [1.29, 1.82) is 0 Å².